The fourth-order valence-corrected chi connectivity index (χ4v) is 1.98. The molecule has 0 unspecified atom stereocenters. The topological polar surface area (TPSA) is 108 Å². The second-order valence-electron chi connectivity index (χ2n) is 5.49. The molecule has 1 heterocycles. The van der Waals surface area contributed by atoms with Gasteiger partial charge in [0.2, 0.25) is 0 Å². The van der Waals surface area contributed by atoms with E-state index in [2.05, 4.69) is 10.6 Å². The number of likely N-dealkylation sites (tertiary alicyclic amines) is 1. The number of aliphatic carboxylic acids is 1. The van der Waals surface area contributed by atoms with Crippen LogP contribution in [0.15, 0.2) is 0 Å². The van der Waals surface area contributed by atoms with E-state index in [0.29, 0.717) is 32.5 Å². The number of nitrogens with zero attached hydrogens (tertiary/aromatic N) is 1. The smallest absolute Gasteiger partial charge is 0.409 e. The number of carbonyl (C=O) groups is 3. The quantitative estimate of drug-likeness (QED) is 0.711. The lowest BCUT2D eigenvalue weighted by atomic mass is 10.1. The predicted molar refractivity (Wildman–Crippen MR) is 75.0 cm³/mol. The van der Waals surface area contributed by atoms with Crippen LogP contribution >= 0.6 is 0 Å². The Morgan fingerprint density at radius 1 is 1.29 bits per heavy atom. The molecular weight excluding hydrogens is 278 g/mol. The lowest BCUT2D eigenvalue weighted by Gasteiger charge is -2.32. The van der Waals surface area contributed by atoms with Crippen LogP contribution in [0.1, 0.15) is 33.6 Å². The number of hydrogen-bond acceptors (Lipinski definition) is 4. The lowest BCUT2D eigenvalue weighted by molar-refractivity contribution is -0.142. The number of amides is 3. The largest absolute Gasteiger partial charge is 0.480 e. The van der Waals surface area contributed by atoms with Crippen molar-refractivity contribution in [2.24, 2.45) is 0 Å². The Balaban J connectivity index is 2.37. The molecule has 1 rings (SSSR count). The number of nitrogens with one attached hydrogen (secondary N) is 2. The molecule has 0 aromatic rings. The van der Waals surface area contributed by atoms with Crippen LogP contribution in [-0.2, 0) is 9.53 Å². The maximum absolute atomic E-state index is 11.8. The highest BCUT2D eigenvalue weighted by Gasteiger charge is 2.30. The van der Waals surface area contributed by atoms with Crippen LogP contribution in [-0.4, -0.2) is 59.4 Å². The molecule has 1 aliphatic heterocycles. The molecule has 8 nitrogen and oxygen atoms in total. The fourth-order valence-electron chi connectivity index (χ4n) is 1.98. The first-order valence-corrected chi connectivity index (χ1v) is 7.00. The number of urea groups is 1. The fraction of sp³-hybridized carbons (Fsp3) is 0.769. The van der Waals surface area contributed by atoms with Gasteiger partial charge in [0.05, 0.1) is 6.61 Å². The minimum Gasteiger partial charge on any atom is -0.480 e. The lowest BCUT2D eigenvalue weighted by Crippen LogP contribution is -2.56. The molecule has 0 atom stereocenters. The van der Waals surface area contributed by atoms with Crippen molar-refractivity contribution in [2.75, 3.05) is 19.7 Å². The number of hydrogen-bond donors (Lipinski definition) is 3. The van der Waals surface area contributed by atoms with Crippen molar-refractivity contribution in [3.63, 3.8) is 0 Å². The molecule has 1 fully saturated rings. The molecule has 21 heavy (non-hydrogen) atoms. The summed E-state index contributed by atoms with van der Waals surface area (Å²) >= 11 is 0. The molecule has 0 spiro atoms. The maximum atomic E-state index is 11.8. The maximum Gasteiger partial charge on any atom is 0.409 e. The number of carboxylic acids is 1. The number of carboxylic acid groups (broad SMARTS) is 1. The molecule has 0 bridgehead atoms. The summed E-state index contributed by atoms with van der Waals surface area (Å²) < 4.78 is 4.91. The van der Waals surface area contributed by atoms with E-state index >= 15 is 0 Å². The van der Waals surface area contributed by atoms with Crippen LogP contribution in [0.4, 0.5) is 9.59 Å². The van der Waals surface area contributed by atoms with Crippen LogP contribution in [0, 0.1) is 0 Å². The normalized spacial score (nSPS) is 16.2. The van der Waals surface area contributed by atoms with Crippen molar-refractivity contribution in [1.82, 2.24) is 15.5 Å². The zero-order chi connectivity index (χ0) is 16.0. The molecule has 0 saturated carbocycles. The molecule has 8 heteroatoms. The Labute approximate surface area is 123 Å². The number of ether oxygens (including phenoxy) is 1. The average molecular weight is 301 g/mol. The number of carbonyl (C=O) groups excluding carboxylic acids is 2. The Hall–Kier alpha value is -1.99. The van der Waals surface area contributed by atoms with Gasteiger partial charge in [0, 0.05) is 19.1 Å². The van der Waals surface area contributed by atoms with Gasteiger partial charge in [0.1, 0.15) is 5.54 Å². The molecule has 0 radical (unpaired) electrons. The molecule has 0 aromatic heterocycles. The first-order chi connectivity index (χ1) is 9.76. The van der Waals surface area contributed by atoms with E-state index in [1.165, 1.54) is 13.8 Å². The van der Waals surface area contributed by atoms with Gasteiger partial charge in [0.15, 0.2) is 0 Å². The summed E-state index contributed by atoms with van der Waals surface area (Å²) in [7, 11) is 0. The molecule has 120 valence electrons. The predicted octanol–water partition coefficient (Wildman–Crippen LogP) is 0.770. The number of rotatable bonds is 4. The third-order valence-corrected chi connectivity index (χ3v) is 3.32. The van der Waals surface area contributed by atoms with Gasteiger partial charge in [0.25, 0.3) is 0 Å². The second kappa shape index (κ2) is 7.14. The highest BCUT2D eigenvalue weighted by molar-refractivity contribution is 5.85. The first kappa shape index (κ1) is 17.1. The Kier molecular flexibility index (Phi) is 5.80. The molecule has 3 amide bonds. The highest BCUT2D eigenvalue weighted by Crippen LogP contribution is 2.11. The van der Waals surface area contributed by atoms with Crippen molar-refractivity contribution in [3.05, 3.63) is 0 Å². The minimum absolute atomic E-state index is 0.0831. The third-order valence-electron chi connectivity index (χ3n) is 3.32. The summed E-state index contributed by atoms with van der Waals surface area (Å²) in [5, 5.41) is 14.1. The second-order valence-corrected chi connectivity index (χ2v) is 5.49. The van der Waals surface area contributed by atoms with Crippen molar-refractivity contribution in [2.45, 2.75) is 45.2 Å². The summed E-state index contributed by atoms with van der Waals surface area (Å²) in [6.45, 7) is 5.93. The van der Waals surface area contributed by atoms with Gasteiger partial charge in [-0.25, -0.2) is 14.4 Å². The summed E-state index contributed by atoms with van der Waals surface area (Å²) in [4.78, 5) is 35.8. The molecular formula is C13H23N3O5. The van der Waals surface area contributed by atoms with Crippen LogP contribution < -0.4 is 10.6 Å². The summed E-state index contributed by atoms with van der Waals surface area (Å²) in [6, 6.07) is -0.600. The van der Waals surface area contributed by atoms with Crippen molar-refractivity contribution in [1.29, 1.82) is 0 Å². The first-order valence-electron chi connectivity index (χ1n) is 7.00. The van der Waals surface area contributed by atoms with E-state index in [9.17, 15) is 14.4 Å². The van der Waals surface area contributed by atoms with E-state index in [1.807, 2.05) is 0 Å². The summed E-state index contributed by atoms with van der Waals surface area (Å²) in [5.74, 6) is -1.10. The molecule has 1 saturated heterocycles. The monoisotopic (exact) mass is 301 g/mol. The molecule has 0 aromatic carbocycles. The van der Waals surface area contributed by atoms with Gasteiger partial charge in [-0.3, -0.25) is 0 Å². The summed E-state index contributed by atoms with van der Waals surface area (Å²) in [5.41, 5.74) is -1.32. The van der Waals surface area contributed by atoms with Gasteiger partial charge >= 0.3 is 18.1 Å². The van der Waals surface area contributed by atoms with E-state index in [-0.39, 0.29) is 12.1 Å². The van der Waals surface area contributed by atoms with Crippen LogP contribution in [0.5, 0.6) is 0 Å². The highest BCUT2D eigenvalue weighted by atomic mass is 16.6. The Morgan fingerprint density at radius 2 is 1.86 bits per heavy atom. The standard InChI is InChI=1S/C13H23N3O5/c1-4-21-12(20)16-7-5-9(6-8-16)14-11(19)15-13(2,3)10(17)18/h9H,4-8H2,1-3H3,(H,17,18)(H2,14,15,19). The van der Waals surface area contributed by atoms with Crippen LogP contribution in [0.2, 0.25) is 0 Å². The van der Waals surface area contributed by atoms with Gasteiger partial charge in [-0.1, -0.05) is 0 Å². The van der Waals surface area contributed by atoms with E-state index in [0.717, 1.165) is 0 Å². The van der Waals surface area contributed by atoms with Crippen molar-refractivity contribution >= 4 is 18.1 Å². The Bertz CT molecular complexity index is 403. The molecule has 1 aliphatic rings. The van der Waals surface area contributed by atoms with Gasteiger partial charge in [-0.05, 0) is 33.6 Å². The van der Waals surface area contributed by atoms with E-state index in [4.69, 9.17) is 9.84 Å². The van der Waals surface area contributed by atoms with Gasteiger partial charge < -0.3 is 25.4 Å². The molecule has 3 N–H and O–H groups in total. The van der Waals surface area contributed by atoms with E-state index in [1.54, 1.807) is 11.8 Å². The van der Waals surface area contributed by atoms with Crippen LogP contribution in [0.3, 0.4) is 0 Å². The Morgan fingerprint density at radius 3 is 2.33 bits per heavy atom. The van der Waals surface area contributed by atoms with Gasteiger partial charge in [-0.2, -0.15) is 0 Å². The van der Waals surface area contributed by atoms with Gasteiger partial charge in [-0.15, -0.1) is 0 Å². The van der Waals surface area contributed by atoms with Crippen molar-refractivity contribution in [3.8, 4) is 0 Å². The van der Waals surface area contributed by atoms with E-state index < -0.39 is 17.5 Å². The zero-order valence-electron chi connectivity index (χ0n) is 12.6. The van der Waals surface area contributed by atoms with Crippen LogP contribution in [0.25, 0.3) is 0 Å². The van der Waals surface area contributed by atoms with Crippen molar-refractivity contribution < 1.29 is 24.2 Å². The zero-order valence-corrected chi connectivity index (χ0v) is 12.6. The average Bonchev–Trinajstić information content (AvgIpc) is 2.38. The summed E-state index contributed by atoms with van der Waals surface area (Å²) in [6.07, 6.45) is 0.881. The number of piperidine rings is 1. The third kappa shape index (κ3) is 5.13. The molecule has 0 aliphatic carbocycles. The minimum atomic E-state index is -1.32. The SMILES string of the molecule is CCOC(=O)N1CCC(NC(=O)NC(C)(C)C(=O)O)CC1.